The monoisotopic (exact) mass is 343 g/mol. The summed E-state index contributed by atoms with van der Waals surface area (Å²) in [5.74, 6) is 0. The van der Waals surface area contributed by atoms with Crippen molar-refractivity contribution in [3.63, 3.8) is 0 Å². The largest absolute Gasteiger partial charge is 4.00 e. The zero-order chi connectivity index (χ0) is 13.2. The van der Waals surface area contributed by atoms with Gasteiger partial charge >= 0.3 is 21.7 Å². The van der Waals surface area contributed by atoms with Gasteiger partial charge in [0.1, 0.15) is 0 Å². The smallest absolute Gasteiger partial charge is 0.673 e. The van der Waals surface area contributed by atoms with Gasteiger partial charge < -0.3 is 20.6 Å². The third-order valence-electron chi connectivity index (χ3n) is 2.52. The number of hydrogen-bond donors (Lipinski definition) is 0. The molecule has 3 rings (SSSR count). The topological polar surface area (TPSA) is 23.8 Å². The van der Waals surface area contributed by atoms with E-state index in [1.54, 1.807) is 0 Å². The maximum Gasteiger partial charge on any atom is 4.00 e. The molecule has 0 aliphatic rings. The molecule has 22 heavy (non-hydrogen) atoms. The summed E-state index contributed by atoms with van der Waals surface area (Å²) in [6.07, 6.45) is 0. The van der Waals surface area contributed by atoms with E-state index in [0.717, 1.165) is 0 Å². The van der Waals surface area contributed by atoms with Gasteiger partial charge in [-0.05, 0) is 0 Å². The average Bonchev–Trinajstić information content (AvgIpc) is 2.65. The van der Waals surface area contributed by atoms with Crippen LogP contribution in [0.25, 0.3) is 27.3 Å². The molecule has 1 nitrogen and oxygen atoms in total. The first kappa shape index (κ1) is 26.1. The van der Waals surface area contributed by atoms with Gasteiger partial charge in [0, 0.05) is 11.0 Å². The first-order chi connectivity index (χ1) is 8.45. The Morgan fingerprint density at radius 3 is 1.36 bits per heavy atom. The van der Waals surface area contributed by atoms with Gasteiger partial charge in [-0.15, -0.1) is 45.3 Å². The van der Waals surface area contributed by atoms with Crippen molar-refractivity contribution in [3.8, 4) is 0 Å². The number of benzene rings is 2. The van der Waals surface area contributed by atoms with Crippen LogP contribution in [0.2, 0.25) is 0 Å². The van der Waals surface area contributed by atoms with Crippen LogP contribution in [0.3, 0.4) is 0 Å². The van der Waals surface area contributed by atoms with Gasteiger partial charge in [0.15, 0.2) is 0 Å². The first-order valence-corrected chi connectivity index (χ1v) is 6.23. The van der Waals surface area contributed by atoms with E-state index in [4.69, 9.17) is 5.73 Å². The molecule has 0 fully saturated rings. The minimum Gasteiger partial charge on any atom is -0.673 e. The van der Waals surface area contributed by atoms with Gasteiger partial charge in [-0.2, -0.15) is 0 Å². The molecule has 3 aromatic rings. The molecule has 1 N–H and O–H groups in total. The molecular formula is C19H25NSiTi. The Morgan fingerprint density at radius 2 is 1.05 bits per heavy atom. The van der Waals surface area contributed by atoms with Crippen molar-refractivity contribution >= 4 is 32.5 Å². The summed E-state index contributed by atoms with van der Waals surface area (Å²) in [7, 11) is 0. The Bertz CT molecular complexity index is 597. The molecule has 4 radical (unpaired) electrons. The van der Waals surface area contributed by atoms with Crippen LogP contribution in [0.4, 0.5) is 0 Å². The molecule has 0 unspecified atom stereocenters. The fourth-order valence-corrected chi connectivity index (χ4v) is 1.90. The van der Waals surface area contributed by atoms with Gasteiger partial charge in [0.05, 0.1) is 0 Å². The van der Waals surface area contributed by atoms with E-state index >= 15 is 0 Å². The summed E-state index contributed by atoms with van der Waals surface area (Å²) in [6.45, 7) is 5.56. The van der Waals surface area contributed by atoms with E-state index < -0.39 is 0 Å². The van der Waals surface area contributed by atoms with E-state index in [-0.39, 0.29) is 53.1 Å². The zero-order valence-electron chi connectivity index (χ0n) is 14.2. The van der Waals surface area contributed by atoms with Crippen LogP contribution in [-0.2, 0) is 21.7 Å². The Kier molecular flexibility index (Phi) is 12.9. The molecule has 3 heteroatoms. The van der Waals surface area contributed by atoms with Crippen molar-refractivity contribution < 1.29 is 21.7 Å². The van der Waals surface area contributed by atoms with Crippen LogP contribution in [0.1, 0.15) is 20.8 Å². The average molecular weight is 343 g/mol. The number of hydrogen-bond acceptors (Lipinski definition) is 0. The van der Waals surface area contributed by atoms with Crippen LogP contribution < -0.4 is 0 Å². The molecule has 0 spiro atoms. The molecule has 3 aromatic carbocycles. The number of fused-ring (bicyclic) bond motifs is 3. The predicted octanol–water partition coefficient (Wildman–Crippen LogP) is 6.07. The van der Waals surface area contributed by atoms with Gasteiger partial charge in [-0.25, -0.2) is 0 Å². The van der Waals surface area contributed by atoms with Crippen molar-refractivity contribution in [3.05, 3.63) is 75.2 Å². The fourth-order valence-electron chi connectivity index (χ4n) is 1.90. The SMILES string of the molecule is CC(C)(C)[NH-].[CH3-].[CH3-].[Si].[Ti+4].c1ccc2c(c1)[cH-]c1ccccc12. The normalized spacial score (nSPS) is 9.27. The van der Waals surface area contributed by atoms with E-state index in [2.05, 4.69) is 54.6 Å². The molecular weight excluding hydrogens is 318 g/mol. The van der Waals surface area contributed by atoms with Crippen molar-refractivity contribution in [2.24, 2.45) is 0 Å². The Balaban J connectivity index is -0.000000361. The fraction of sp³-hybridized carbons (Fsp3) is 0.211. The summed E-state index contributed by atoms with van der Waals surface area (Å²) in [4.78, 5) is 0. The first-order valence-electron chi connectivity index (χ1n) is 6.23. The van der Waals surface area contributed by atoms with Crippen molar-refractivity contribution in [1.82, 2.24) is 0 Å². The van der Waals surface area contributed by atoms with Crippen LogP contribution in [0, 0.1) is 14.9 Å². The van der Waals surface area contributed by atoms with Crippen LogP contribution in [0.15, 0.2) is 54.6 Å². The Labute approximate surface area is 155 Å². The maximum absolute atomic E-state index is 6.94. The molecule has 0 aliphatic heterocycles. The van der Waals surface area contributed by atoms with Crippen molar-refractivity contribution in [1.29, 1.82) is 0 Å². The number of nitrogens with one attached hydrogen (secondary N) is 1. The van der Waals surface area contributed by atoms with Crippen molar-refractivity contribution in [2.75, 3.05) is 0 Å². The second-order valence-electron chi connectivity index (χ2n) is 5.57. The van der Waals surface area contributed by atoms with E-state index in [0.29, 0.717) is 0 Å². The standard InChI is InChI=1S/C13H9.C4H10N.2CH3.Si.Ti/c1-3-7-12-10(5-1)9-11-6-2-4-8-13(11)12;1-4(2,3)5;;;;/h1-9H;5H,1-3H3;2*1H3;;/q4*-1;;+4. The maximum atomic E-state index is 6.94. The molecule has 0 heterocycles. The Hall–Kier alpha value is -0.799. The van der Waals surface area contributed by atoms with Crippen LogP contribution >= 0.6 is 0 Å². The van der Waals surface area contributed by atoms with Gasteiger partial charge in [0.2, 0.25) is 0 Å². The third kappa shape index (κ3) is 7.46. The summed E-state index contributed by atoms with van der Waals surface area (Å²) < 4.78 is 0. The summed E-state index contributed by atoms with van der Waals surface area (Å²) in [5.41, 5.74) is 6.69. The minimum absolute atomic E-state index is 0. The van der Waals surface area contributed by atoms with Gasteiger partial charge in [-0.3, -0.25) is 0 Å². The molecule has 0 amide bonds. The molecule has 114 valence electrons. The third-order valence-corrected chi connectivity index (χ3v) is 2.52. The predicted molar refractivity (Wildman–Crippen MR) is 99.7 cm³/mol. The zero-order valence-corrected chi connectivity index (χ0v) is 16.8. The second-order valence-corrected chi connectivity index (χ2v) is 5.57. The van der Waals surface area contributed by atoms with E-state index in [9.17, 15) is 0 Å². The van der Waals surface area contributed by atoms with E-state index in [1.807, 2.05) is 20.8 Å². The molecule has 0 saturated heterocycles. The Morgan fingerprint density at radius 1 is 0.773 bits per heavy atom. The minimum atomic E-state index is -0.250. The van der Waals surface area contributed by atoms with E-state index in [1.165, 1.54) is 21.5 Å². The summed E-state index contributed by atoms with van der Waals surface area (Å²) in [5, 5.41) is 5.39. The van der Waals surface area contributed by atoms with Crippen LogP contribution in [-0.4, -0.2) is 16.5 Å². The molecule has 0 bridgehead atoms. The molecule has 0 saturated carbocycles. The molecule has 0 atom stereocenters. The molecule has 0 aromatic heterocycles. The van der Waals surface area contributed by atoms with Crippen molar-refractivity contribution in [2.45, 2.75) is 26.3 Å². The summed E-state index contributed by atoms with van der Waals surface area (Å²) >= 11 is 0. The van der Waals surface area contributed by atoms with Gasteiger partial charge in [-0.1, -0.05) is 57.2 Å². The number of rotatable bonds is 0. The van der Waals surface area contributed by atoms with Gasteiger partial charge in [0.25, 0.3) is 0 Å². The molecule has 0 aliphatic carbocycles. The van der Waals surface area contributed by atoms with Crippen LogP contribution in [0.5, 0.6) is 0 Å². The quantitative estimate of drug-likeness (QED) is 0.350. The summed E-state index contributed by atoms with van der Waals surface area (Å²) in [6, 6.07) is 19.3. The second kappa shape index (κ2) is 10.8.